The highest BCUT2D eigenvalue weighted by atomic mass is 16.4. The molecular formula is C15H31N3O2. The Morgan fingerprint density at radius 3 is 2.25 bits per heavy atom. The van der Waals surface area contributed by atoms with Crippen molar-refractivity contribution in [1.29, 1.82) is 0 Å². The van der Waals surface area contributed by atoms with Crippen molar-refractivity contribution in [3.63, 3.8) is 0 Å². The summed E-state index contributed by atoms with van der Waals surface area (Å²) < 4.78 is 0. The van der Waals surface area contributed by atoms with Gasteiger partial charge in [0.05, 0.1) is 0 Å². The molecule has 1 heterocycles. The number of hydrogen-bond donors (Lipinski definition) is 2. The van der Waals surface area contributed by atoms with Crippen LogP contribution in [-0.2, 0) is 4.79 Å². The largest absolute Gasteiger partial charge is 0.480 e. The maximum absolute atomic E-state index is 11.1. The highest BCUT2D eigenvalue weighted by Crippen LogP contribution is 2.15. The molecule has 0 spiro atoms. The molecule has 118 valence electrons. The van der Waals surface area contributed by atoms with Gasteiger partial charge in [0.2, 0.25) is 0 Å². The van der Waals surface area contributed by atoms with Gasteiger partial charge in [0.15, 0.2) is 0 Å². The van der Waals surface area contributed by atoms with E-state index in [-0.39, 0.29) is 0 Å². The molecule has 0 radical (unpaired) electrons. The van der Waals surface area contributed by atoms with Gasteiger partial charge in [-0.1, -0.05) is 20.8 Å². The molecule has 0 aromatic rings. The Hall–Kier alpha value is -0.650. The highest BCUT2D eigenvalue weighted by molar-refractivity contribution is 5.78. The number of piperazine rings is 1. The van der Waals surface area contributed by atoms with Crippen LogP contribution in [0.1, 0.15) is 40.0 Å². The van der Waals surface area contributed by atoms with Gasteiger partial charge in [-0.2, -0.15) is 0 Å². The molecule has 0 aromatic heterocycles. The number of rotatable bonds is 8. The number of carboxylic acid groups (broad SMARTS) is 1. The Bertz CT molecular complexity index is 301. The summed E-state index contributed by atoms with van der Waals surface area (Å²) in [6.45, 7) is 12.9. The fourth-order valence-electron chi connectivity index (χ4n) is 2.76. The lowest BCUT2D eigenvalue weighted by Gasteiger charge is -2.36. The van der Waals surface area contributed by atoms with E-state index in [1.165, 1.54) is 6.54 Å². The molecule has 0 saturated carbocycles. The standard InChI is InChI=1S/C15H31N3O2/c1-4-15(16,14(19)20)6-5-7-17-8-10-18(11-9-17)12-13(2)3/h13H,4-12,16H2,1-3H3,(H,19,20). The molecule has 1 aliphatic rings. The molecule has 3 N–H and O–H groups in total. The van der Waals surface area contributed by atoms with Crippen LogP contribution in [0.25, 0.3) is 0 Å². The van der Waals surface area contributed by atoms with Crippen molar-refractivity contribution in [1.82, 2.24) is 9.80 Å². The van der Waals surface area contributed by atoms with Crippen molar-refractivity contribution in [2.24, 2.45) is 11.7 Å². The smallest absolute Gasteiger partial charge is 0.323 e. The number of aliphatic carboxylic acids is 1. The minimum Gasteiger partial charge on any atom is -0.480 e. The lowest BCUT2D eigenvalue weighted by atomic mass is 9.92. The van der Waals surface area contributed by atoms with Crippen LogP contribution in [0.15, 0.2) is 0 Å². The van der Waals surface area contributed by atoms with Crippen LogP contribution in [0.4, 0.5) is 0 Å². The van der Waals surface area contributed by atoms with Crippen molar-refractivity contribution in [2.45, 2.75) is 45.6 Å². The minimum atomic E-state index is -1.04. The van der Waals surface area contributed by atoms with Crippen LogP contribution < -0.4 is 5.73 Å². The van der Waals surface area contributed by atoms with Crippen LogP contribution in [0.3, 0.4) is 0 Å². The lowest BCUT2D eigenvalue weighted by molar-refractivity contribution is -0.143. The molecule has 0 amide bonds. The first kappa shape index (κ1) is 17.4. The van der Waals surface area contributed by atoms with Crippen molar-refractivity contribution in [3.05, 3.63) is 0 Å². The fourth-order valence-corrected chi connectivity index (χ4v) is 2.76. The summed E-state index contributed by atoms with van der Waals surface area (Å²) in [7, 11) is 0. The zero-order chi connectivity index (χ0) is 15.2. The average molecular weight is 285 g/mol. The summed E-state index contributed by atoms with van der Waals surface area (Å²) in [5.41, 5.74) is 4.86. The second kappa shape index (κ2) is 7.96. The molecule has 0 bridgehead atoms. The van der Waals surface area contributed by atoms with E-state index in [2.05, 4.69) is 23.6 Å². The third-order valence-corrected chi connectivity index (χ3v) is 4.24. The summed E-state index contributed by atoms with van der Waals surface area (Å²) in [6.07, 6.45) is 1.91. The molecule has 5 nitrogen and oxygen atoms in total. The third kappa shape index (κ3) is 5.38. The van der Waals surface area contributed by atoms with Crippen LogP contribution >= 0.6 is 0 Å². The monoisotopic (exact) mass is 285 g/mol. The molecule has 20 heavy (non-hydrogen) atoms. The van der Waals surface area contributed by atoms with Crippen molar-refractivity contribution >= 4 is 5.97 Å². The summed E-state index contributed by atoms with van der Waals surface area (Å²) >= 11 is 0. The van der Waals surface area contributed by atoms with Gasteiger partial charge in [0.1, 0.15) is 5.54 Å². The van der Waals surface area contributed by atoms with Gasteiger partial charge in [-0.15, -0.1) is 0 Å². The van der Waals surface area contributed by atoms with E-state index < -0.39 is 11.5 Å². The molecule has 1 rings (SSSR count). The normalized spacial score (nSPS) is 21.1. The SMILES string of the molecule is CCC(N)(CCCN1CCN(CC(C)C)CC1)C(=O)O. The molecule has 1 fully saturated rings. The summed E-state index contributed by atoms with van der Waals surface area (Å²) in [5, 5.41) is 9.14. The van der Waals surface area contributed by atoms with Crippen molar-refractivity contribution < 1.29 is 9.90 Å². The van der Waals surface area contributed by atoms with Crippen molar-refractivity contribution in [2.75, 3.05) is 39.3 Å². The second-order valence-electron chi connectivity index (χ2n) is 6.45. The number of hydrogen-bond acceptors (Lipinski definition) is 4. The predicted octanol–water partition coefficient (Wildman–Crippen LogP) is 1.23. The van der Waals surface area contributed by atoms with Gasteiger partial charge in [-0.05, 0) is 31.7 Å². The Balaban J connectivity index is 2.23. The van der Waals surface area contributed by atoms with Crippen LogP contribution in [0.2, 0.25) is 0 Å². The van der Waals surface area contributed by atoms with Crippen LogP contribution in [-0.4, -0.2) is 65.7 Å². The fraction of sp³-hybridized carbons (Fsp3) is 0.933. The van der Waals surface area contributed by atoms with Crippen LogP contribution in [0, 0.1) is 5.92 Å². The highest BCUT2D eigenvalue weighted by Gasteiger charge is 2.31. The first-order valence-corrected chi connectivity index (χ1v) is 7.84. The second-order valence-corrected chi connectivity index (χ2v) is 6.45. The van der Waals surface area contributed by atoms with Gasteiger partial charge in [0, 0.05) is 32.7 Å². The Labute approximate surface area is 123 Å². The van der Waals surface area contributed by atoms with E-state index in [0.717, 1.165) is 45.1 Å². The van der Waals surface area contributed by atoms with E-state index >= 15 is 0 Å². The maximum atomic E-state index is 11.1. The van der Waals surface area contributed by atoms with Gasteiger partial charge in [-0.25, -0.2) is 0 Å². The molecule has 1 unspecified atom stereocenters. The average Bonchev–Trinajstić information content (AvgIpc) is 2.39. The van der Waals surface area contributed by atoms with E-state index in [0.29, 0.717) is 12.8 Å². The lowest BCUT2D eigenvalue weighted by Crippen LogP contribution is -2.49. The topological polar surface area (TPSA) is 69.8 Å². The Morgan fingerprint density at radius 1 is 1.25 bits per heavy atom. The predicted molar refractivity (Wildman–Crippen MR) is 81.8 cm³/mol. The minimum absolute atomic E-state index is 0.491. The first-order chi connectivity index (χ1) is 9.37. The van der Waals surface area contributed by atoms with E-state index in [1.807, 2.05) is 6.92 Å². The molecule has 0 aromatic carbocycles. The molecular weight excluding hydrogens is 254 g/mol. The third-order valence-electron chi connectivity index (χ3n) is 4.24. The van der Waals surface area contributed by atoms with E-state index in [1.54, 1.807) is 0 Å². The van der Waals surface area contributed by atoms with Gasteiger partial charge >= 0.3 is 5.97 Å². The Kier molecular flexibility index (Phi) is 6.92. The number of carbonyl (C=O) groups is 1. The number of nitrogens with two attached hydrogens (primary N) is 1. The first-order valence-electron chi connectivity index (χ1n) is 7.84. The molecule has 0 aliphatic carbocycles. The molecule has 1 aliphatic heterocycles. The van der Waals surface area contributed by atoms with Gasteiger partial charge in [0.25, 0.3) is 0 Å². The Morgan fingerprint density at radius 2 is 1.80 bits per heavy atom. The quantitative estimate of drug-likeness (QED) is 0.702. The summed E-state index contributed by atoms with van der Waals surface area (Å²) in [5.74, 6) is -0.152. The maximum Gasteiger partial charge on any atom is 0.323 e. The molecule has 1 saturated heterocycles. The number of carboxylic acids is 1. The van der Waals surface area contributed by atoms with Crippen molar-refractivity contribution in [3.8, 4) is 0 Å². The zero-order valence-corrected chi connectivity index (χ0v) is 13.3. The van der Waals surface area contributed by atoms with Crippen LogP contribution in [0.5, 0.6) is 0 Å². The number of nitrogens with zero attached hydrogens (tertiary/aromatic N) is 2. The molecule has 5 heteroatoms. The van der Waals surface area contributed by atoms with Gasteiger partial charge in [-0.3, -0.25) is 4.79 Å². The zero-order valence-electron chi connectivity index (χ0n) is 13.3. The van der Waals surface area contributed by atoms with Gasteiger partial charge < -0.3 is 20.6 Å². The van der Waals surface area contributed by atoms with E-state index in [9.17, 15) is 4.79 Å². The van der Waals surface area contributed by atoms with E-state index in [4.69, 9.17) is 10.8 Å². The summed E-state index contributed by atoms with van der Waals surface area (Å²) in [4.78, 5) is 16.1. The summed E-state index contributed by atoms with van der Waals surface area (Å²) in [6, 6.07) is 0. The molecule has 1 atom stereocenters.